The normalized spacial score (nSPS) is 29.8. The van der Waals surface area contributed by atoms with Gasteiger partial charge in [0.25, 0.3) is 0 Å². The van der Waals surface area contributed by atoms with Crippen LogP contribution in [0, 0.1) is 0 Å². The molecule has 2 fully saturated rings. The lowest BCUT2D eigenvalue weighted by Crippen LogP contribution is -2.62. The Morgan fingerprint density at radius 3 is 2.30 bits per heavy atom. The highest BCUT2D eigenvalue weighted by Crippen LogP contribution is 2.40. The molecule has 2 aliphatic rings. The molecule has 8 unspecified atom stereocenters. The van der Waals surface area contributed by atoms with Gasteiger partial charge in [0, 0.05) is 17.2 Å². The van der Waals surface area contributed by atoms with Gasteiger partial charge in [-0.15, -0.1) is 0 Å². The van der Waals surface area contributed by atoms with Gasteiger partial charge >= 0.3 is 0 Å². The lowest BCUT2D eigenvalue weighted by atomic mass is 9.99. The van der Waals surface area contributed by atoms with Gasteiger partial charge in [-0.05, 0) is 51.5 Å². The molecule has 0 aliphatic carbocycles. The summed E-state index contributed by atoms with van der Waals surface area (Å²) in [5, 5.41) is 73.3. The lowest BCUT2D eigenvalue weighted by Gasteiger charge is -2.44. The number of methoxy groups -OCH3 is 1. The molecule has 14 heteroatoms. The molecule has 1 aromatic heterocycles. The summed E-state index contributed by atoms with van der Waals surface area (Å²) in [6.07, 6.45) is -11.9. The van der Waals surface area contributed by atoms with Crippen LogP contribution in [0.5, 0.6) is 23.0 Å². The van der Waals surface area contributed by atoms with E-state index in [1.54, 1.807) is 24.3 Å². The van der Waals surface area contributed by atoms with Gasteiger partial charge in [0.05, 0.1) is 19.8 Å². The van der Waals surface area contributed by atoms with E-state index in [0.717, 1.165) is 11.6 Å². The maximum atomic E-state index is 14.2. The molecule has 3 aromatic rings. The molecule has 2 aliphatic heterocycles. The molecule has 2 saturated heterocycles. The van der Waals surface area contributed by atoms with E-state index in [-0.39, 0.29) is 34.5 Å². The second kappa shape index (κ2) is 13.6. The van der Waals surface area contributed by atoms with Crippen LogP contribution in [-0.4, -0.2) is 105 Å². The number of rotatable bonds is 8. The number of aliphatic hydroxyl groups excluding tert-OH is 5. The third-order valence-corrected chi connectivity index (χ3v) is 8.01. The average Bonchev–Trinajstić information content (AvgIpc) is 3.02. The zero-order valence-corrected chi connectivity index (χ0v) is 25.6. The van der Waals surface area contributed by atoms with Crippen molar-refractivity contribution >= 4 is 11.0 Å². The third-order valence-electron chi connectivity index (χ3n) is 8.01. The summed E-state index contributed by atoms with van der Waals surface area (Å²) in [6, 6.07) is 7.42. The van der Waals surface area contributed by atoms with Crippen LogP contribution in [0.15, 0.2) is 51.2 Å². The number of hydrogen-bond donors (Lipinski definition) is 7. The first-order valence-electron chi connectivity index (χ1n) is 14.6. The molecule has 9 atom stereocenters. The highest BCUT2D eigenvalue weighted by atomic mass is 16.8. The highest BCUT2D eigenvalue weighted by Gasteiger charge is 2.49. The van der Waals surface area contributed by atoms with E-state index in [1.807, 2.05) is 19.9 Å². The first-order valence-corrected chi connectivity index (χ1v) is 14.6. The van der Waals surface area contributed by atoms with Gasteiger partial charge in [0.1, 0.15) is 58.7 Å². The van der Waals surface area contributed by atoms with Crippen molar-refractivity contribution in [3.05, 3.63) is 57.8 Å². The fraction of sp³-hybridized carbons (Fsp3) is 0.469. The zero-order valence-electron chi connectivity index (χ0n) is 25.6. The summed E-state index contributed by atoms with van der Waals surface area (Å²) in [5.74, 6) is -0.982. The number of fused-ring (bicyclic) bond motifs is 1. The topological polar surface area (TPSA) is 218 Å². The van der Waals surface area contributed by atoms with Crippen molar-refractivity contribution < 1.29 is 63.8 Å². The van der Waals surface area contributed by atoms with E-state index in [1.165, 1.54) is 14.0 Å². The largest absolute Gasteiger partial charge is 0.507 e. The Morgan fingerprint density at radius 1 is 0.957 bits per heavy atom. The van der Waals surface area contributed by atoms with E-state index < -0.39 is 78.8 Å². The minimum absolute atomic E-state index is 0.0920. The van der Waals surface area contributed by atoms with Crippen molar-refractivity contribution in [1.29, 1.82) is 0 Å². The molecule has 7 N–H and O–H groups in total. The van der Waals surface area contributed by atoms with Gasteiger partial charge < -0.3 is 63.8 Å². The van der Waals surface area contributed by atoms with Crippen molar-refractivity contribution in [2.45, 2.75) is 82.5 Å². The van der Waals surface area contributed by atoms with E-state index >= 15 is 0 Å². The van der Waals surface area contributed by atoms with Crippen LogP contribution >= 0.6 is 0 Å². The van der Waals surface area contributed by atoms with Crippen molar-refractivity contribution in [1.82, 2.24) is 0 Å². The number of aliphatic hydroxyl groups is 5. The van der Waals surface area contributed by atoms with Crippen LogP contribution in [0.2, 0.25) is 0 Å². The quantitative estimate of drug-likeness (QED) is 0.170. The predicted octanol–water partition coefficient (Wildman–Crippen LogP) is 1.06. The zero-order chi connectivity index (χ0) is 33.4. The van der Waals surface area contributed by atoms with Crippen LogP contribution < -0.4 is 14.9 Å². The fourth-order valence-electron chi connectivity index (χ4n) is 5.32. The number of phenolic OH excluding ortho intramolecular Hbond substituents is 2. The molecule has 46 heavy (non-hydrogen) atoms. The molecule has 0 saturated carbocycles. The number of hydrogen-bond acceptors (Lipinski definition) is 14. The van der Waals surface area contributed by atoms with Gasteiger partial charge in [0.15, 0.2) is 18.2 Å². The third kappa shape index (κ3) is 6.43. The van der Waals surface area contributed by atoms with Crippen molar-refractivity contribution in [2.75, 3.05) is 13.7 Å². The molecule has 0 spiro atoms. The Balaban J connectivity index is 1.65. The standard InChI is InChI=1S/C32H38O14/c1-13(2)5-10-17-18(33)11-19(34)21-24(38)29(27(44-28(17)21)15-6-8-16(41-4)9-7-15)45-32-30(25(39)22(36)14(3)43-32)46-31-26(40)23(37)20(35)12-42-31/h5-9,11,14,20,22-23,25-26,30-37,39-40H,10,12H2,1-4H3/t14?,20?,22?,23?,25?,26?,30?,31-,32?/m1/s1. The first kappa shape index (κ1) is 33.6. The number of allylic oxidation sites excluding steroid dienone is 2. The summed E-state index contributed by atoms with van der Waals surface area (Å²) < 4.78 is 34.5. The predicted molar refractivity (Wildman–Crippen MR) is 161 cm³/mol. The van der Waals surface area contributed by atoms with Gasteiger partial charge in [-0.3, -0.25) is 4.79 Å². The highest BCUT2D eigenvalue weighted by molar-refractivity contribution is 5.91. The first-order chi connectivity index (χ1) is 21.8. The Labute approximate surface area is 263 Å². The molecule has 250 valence electrons. The van der Waals surface area contributed by atoms with Crippen LogP contribution in [0.25, 0.3) is 22.3 Å². The number of phenols is 2. The minimum atomic E-state index is -1.75. The number of benzene rings is 2. The Morgan fingerprint density at radius 2 is 1.65 bits per heavy atom. The van der Waals surface area contributed by atoms with Gasteiger partial charge in [-0.25, -0.2) is 0 Å². The summed E-state index contributed by atoms with van der Waals surface area (Å²) in [5.41, 5.74) is 0.550. The monoisotopic (exact) mass is 646 g/mol. The Hall–Kier alpha value is -3.73. The maximum Gasteiger partial charge on any atom is 0.239 e. The molecular formula is C32H38O14. The second-order valence-electron chi connectivity index (χ2n) is 11.6. The smallest absolute Gasteiger partial charge is 0.239 e. The van der Waals surface area contributed by atoms with Crippen molar-refractivity contribution in [2.24, 2.45) is 0 Å². The van der Waals surface area contributed by atoms with E-state index in [9.17, 15) is 40.5 Å². The van der Waals surface area contributed by atoms with Crippen molar-refractivity contribution in [3.63, 3.8) is 0 Å². The molecule has 0 bridgehead atoms. The Bertz CT molecular complexity index is 1630. The van der Waals surface area contributed by atoms with Crippen LogP contribution in [-0.2, 0) is 20.6 Å². The lowest BCUT2D eigenvalue weighted by molar-refractivity contribution is -0.341. The summed E-state index contributed by atoms with van der Waals surface area (Å²) in [7, 11) is 1.48. The van der Waals surface area contributed by atoms with Crippen LogP contribution in [0.4, 0.5) is 0 Å². The van der Waals surface area contributed by atoms with Gasteiger partial charge in [-0.1, -0.05) is 11.6 Å². The summed E-state index contributed by atoms with van der Waals surface area (Å²) >= 11 is 0. The molecule has 0 amide bonds. The molecule has 5 rings (SSSR count). The summed E-state index contributed by atoms with van der Waals surface area (Å²) in [4.78, 5) is 14.2. The van der Waals surface area contributed by atoms with E-state index in [2.05, 4.69) is 0 Å². The Kier molecular flexibility index (Phi) is 9.91. The number of ether oxygens (including phenoxy) is 5. The molecule has 14 nitrogen and oxygen atoms in total. The van der Waals surface area contributed by atoms with Gasteiger partial charge in [-0.2, -0.15) is 0 Å². The van der Waals surface area contributed by atoms with Crippen LogP contribution in [0.3, 0.4) is 0 Å². The molecule has 2 aromatic carbocycles. The van der Waals surface area contributed by atoms with Crippen molar-refractivity contribution in [3.8, 4) is 34.3 Å². The maximum absolute atomic E-state index is 14.2. The molecule has 0 radical (unpaired) electrons. The minimum Gasteiger partial charge on any atom is -0.507 e. The SMILES string of the molecule is COc1ccc(-c2oc3c(CC=C(C)C)c(O)cc(O)c3c(=O)c2OC2OC(C)C(O)C(O)C2O[C@H]2OCC(O)C(O)C2O)cc1. The number of aromatic hydroxyl groups is 2. The van der Waals surface area contributed by atoms with Gasteiger partial charge in [0.2, 0.25) is 17.5 Å². The summed E-state index contributed by atoms with van der Waals surface area (Å²) in [6.45, 7) is 4.76. The van der Waals surface area contributed by atoms with E-state index in [4.69, 9.17) is 28.1 Å². The molecular weight excluding hydrogens is 608 g/mol. The molecule has 3 heterocycles. The van der Waals surface area contributed by atoms with Crippen LogP contribution in [0.1, 0.15) is 26.3 Å². The fourth-order valence-corrected chi connectivity index (χ4v) is 5.32. The average molecular weight is 647 g/mol. The van der Waals surface area contributed by atoms with E-state index in [0.29, 0.717) is 11.3 Å². The second-order valence-corrected chi connectivity index (χ2v) is 11.6.